The number of ether oxygens (including phenoxy) is 2. The minimum absolute atomic E-state index is 0.0517. The van der Waals surface area contributed by atoms with E-state index < -0.39 is 6.04 Å². The molecular weight excluding hydrogens is 376 g/mol. The van der Waals surface area contributed by atoms with Gasteiger partial charge < -0.3 is 19.3 Å². The average molecular weight is 398 g/mol. The van der Waals surface area contributed by atoms with E-state index >= 15 is 0 Å². The van der Waals surface area contributed by atoms with Crippen LogP contribution in [0.3, 0.4) is 0 Å². The zero-order valence-corrected chi connectivity index (χ0v) is 16.5. The molecule has 2 heterocycles. The van der Waals surface area contributed by atoms with Crippen LogP contribution in [0, 0.1) is 0 Å². The first kappa shape index (κ1) is 18.7. The summed E-state index contributed by atoms with van der Waals surface area (Å²) < 4.78 is 11.2. The fourth-order valence-electron chi connectivity index (χ4n) is 3.39. The third-order valence-corrected chi connectivity index (χ3v) is 5.86. The summed E-state index contributed by atoms with van der Waals surface area (Å²) in [4.78, 5) is 29.2. The lowest BCUT2D eigenvalue weighted by Gasteiger charge is -2.28. The Balaban J connectivity index is 1.45. The molecule has 1 atom stereocenters. The van der Waals surface area contributed by atoms with Crippen molar-refractivity contribution in [3.8, 4) is 11.5 Å². The van der Waals surface area contributed by atoms with Gasteiger partial charge in [-0.25, -0.2) is 0 Å². The van der Waals surface area contributed by atoms with Crippen LogP contribution >= 0.6 is 11.8 Å². The Bertz CT molecular complexity index is 874. The Morgan fingerprint density at radius 2 is 1.86 bits per heavy atom. The van der Waals surface area contributed by atoms with Gasteiger partial charge in [0.1, 0.15) is 19.3 Å². The van der Waals surface area contributed by atoms with Gasteiger partial charge in [0.05, 0.1) is 5.88 Å². The molecule has 0 bridgehead atoms. The molecule has 2 amide bonds. The van der Waals surface area contributed by atoms with Crippen LogP contribution in [0.5, 0.6) is 11.5 Å². The number of rotatable bonds is 4. The number of amides is 2. The van der Waals surface area contributed by atoms with Gasteiger partial charge in [-0.15, -0.1) is 11.8 Å². The summed E-state index contributed by atoms with van der Waals surface area (Å²) in [5, 5.41) is 0. The van der Waals surface area contributed by atoms with E-state index in [1.807, 2.05) is 36.4 Å². The van der Waals surface area contributed by atoms with E-state index in [1.54, 1.807) is 40.7 Å². The molecule has 7 heteroatoms. The SMILES string of the molecule is CN(Cc1ccc2c(c1)OCCO2)C(=O)C1CSCN1C(=O)c1ccccc1. The van der Waals surface area contributed by atoms with Crippen molar-refractivity contribution in [2.45, 2.75) is 12.6 Å². The summed E-state index contributed by atoms with van der Waals surface area (Å²) in [6.07, 6.45) is 0. The topological polar surface area (TPSA) is 59.1 Å². The predicted molar refractivity (Wildman–Crippen MR) is 108 cm³/mol. The summed E-state index contributed by atoms with van der Waals surface area (Å²) in [5.41, 5.74) is 1.57. The fourth-order valence-corrected chi connectivity index (χ4v) is 4.53. The van der Waals surface area contributed by atoms with Gasteiger partial charge in [-0.2, -0.15) is 0 Å². The van der Waals surface area contributed by atoms with E-state index in [4.69, 9.17) is 9.47 Å². The van der Waals surface area contributed by atoms with E-state index in [2.05, 4.69) is 0 Å². The zero-order chi connectivity index (χ0) is 19.5. The number of hydrogen-bond donors (Lipinski definition) is 0. The lowest BCUT2D eigenvalue weighted by molar-refractivity contribution is -0.134. The largest absolute Gasteiger partial charge is 0.486 e. The predicted octanol–water partition coefficient (Wildman–Crippen LogP) is 2.63. The van der Waals surface area contributed by atoms with Gasteiger partial charge in [0.15, 0.2) is 11.5 Å². The second-order valence-electron chi connectivity index (χ2n) is 6.83. The van der Waals surface area contributed by atoms with Crippen molar-refractivity contribution in [3.05, 3.63) is 59.7 Å². The highest BCUT2D eigenvalue weighted by Crippen LogP contribution is 2.31. The van der Waals surface area contributed by atoms with Crippen molar-refractivity contribution in [2.24, 2.45) is 0 Å². The quantitative estimate of drug-likeness (QED) is 0.793. The first-order valence-electron chi connectivity index (χ1n) is 9.21. The normalized spacial score (nSPS) is 18.0. The first-order chi connectivity index (χ1) is 13.6. The molecule has 146 valence electrons. The Kier molecular flexibility index (Phi) is 5.43. The Morgan fingerprint density at radius 3 is 2.64 bits per heavy atom. The zero-order valence-electron chi connectivity index (χ0n) is 15.7. The highest BCUT2D eigenvalue weighted by atomic mass is 32.2. The summed E-state index contributed by atoms with van der Waals surface area (Å²) in [7, 11) is 1.77. The average Bonchev–Trinajstić information content (AvgIpc) is 3.23. The smallest absolute Gasteiger partial charge is 0.255 e. The van der Waals surface area contributed by atoms with Gasteiger partial charge in [-0.1, -0.05) is 24.3 Å². The molecule has 1 unspecified atom stereocenters. The Morgan fingerprint density at radius 1 is 1.11 bits per heavy atom. The van der Waals surface area contributed by atoms with Gasteiger partial charge in [-0.3, -0.25) is 9.59 Å². The molecule has 0 radical (unpaired) electrons. The molecule has 28 heavy (non-hydrogen) atoms. The molecule has 1 saturated heterocycles. The van der Waals surface area contributed by atoms with Crippen LogP contribution in [0.25, 0.3) is 0 Å². The van der Waals surface area contributed by atoms with Crippen LogP contribution in [0.15, 0.2) is 48.5 Å². The van der Waals surface area contributed by atoms with E-state index in [9.17, 15) is 9.59 Å². The summed E-state index contributed by atoms with van der Waals surface area (Å²) in [5.74, 6) is 2.43. The molecule has 0 aliphatic carbocycles. The molecule has 2 aliphatic rings. The molecule has 0 spiro atoms. The number of thioether (sulfide) groups is 1. The van der Waals surface area contributed by atoms with Crippen LogP contribution in [-0.2, 0) is 11.3 Å². The molecular formula is C21H22N2O4S. The lowest BCUT2D eigenvalue weighted by atomic mass is 10.1. The Hall–Kier alpha value is -2.67. The number of nitrogens with zero attached hydrogens (tertiary/aromatic N) is 2. The van der Waals surface area contributed by atoms with E-state index in [0.717, 1.165) is 11.3 Å². The summed E-state index contributed by atoms with van der Waals surface area (Å²) >= 11 is 1.60. The molecule has 2 aromatic rings. The number of hydrogen-bond acceptors (Lipinski definition) is 5. The maximum atomic E-state index is 13.0. The number of benzene rings is 2. The highest BCUT2D eigenvalue weighted by Gasteiger charge is 2.36. The van der Waals surface area contributed by atoms with Crippen molar-refractivity contribution in [1.29, 1.82) is 0 Å². The molecule has 0 aromatic heterocycles. The van der Waals surface area contributed by atoms with Gasteiger partial charge in [-0.05, 0) is 29.8 Å². The highest BCUT2D eigenvalue weighted by molar-refractivity contribution is 7.99. The number of fused-ring (bicyclic) bond motifs is 1. The van der Waals surface area contributed by atoms with Crippen molar-refractivity contribution >= 4 is 23.6 Å². The van der Waals surface area contributed by atoms with Crippen LogP contribution < -0.4 is 9.47 Å². The van der Waals surface area contributed by atoms with Crippen molar-refractivity contribution in [1.82, 2.24) is 9.80 Å². The van der Waals surface area contributed by atoms with Crippen LogP contribution in [-0.4, -0.2) is 59.5 Å². The van der Waals surface area contributed by atoms with Crippen LogP contribution in [0.2, 0.25) is 0 Å². The summed E-state index contributed by atoms with van der Waals surface area (Å²) in [6.45, 7) is 1.53. The third-order valence-electron chi connectivity index (χ3n) is 4.85. The molecule has 6 nitrogen and oxygen atoms in total. The maximum Gasteiger partial charge on any atom is 0.255 e. The molecule has 0 saturated carbocycles. The van der Waals surface area contributed by atoms with Gasteiger partial charge in [0.2, 0.25) is 5.91 Å². The van der Waals surface area contributed by atoms with E-state index in [0.29, 0.717) is 42.7 Å². The number of carbonyl (C=O) groups excluding carboxylic acids is 2. The van der Waals surface area contributed by atoms with Gasteiger partial charge in [0, 0.05) is 24.9 Å². The maximum absolute atomic E-state index is 13.0. The van der Waals surface area contributed by atoms with E-state index in [-0.39, 0.29) is 11.8 Å². The van der Waals surface area contributed by atoms with Crippen molar-refractivity contribution in [2.75, 3.05) is 31.9 Å². The molecule has 2 aromatic carbocycles. The second-order valence-corrected chi connectivity index (χ2v) is 7.83. The van der Waals surface area contributed by atoms with Crippen LogP contribution in [0.1, 0.15) is 15.9 Å². The van der Waals surface area contributed by atoms with Crippen molar-refractivity contribution in [3.63, 3.8) is 0 Å². The summed E-state index contributed by atoms with van der Waals surface area (Å²) in [6, 6.07) is 14.4. The number of carbonyl (C=O) groups is 2. The van der Waals surface area contributed by atoms with Gasteiger partial charge in [0.25, 0.3) is 5.91 Å². The van der Waals surface area contributed by atoms with E-state index in [1.165, 1.54) is 0 Å². The fraction of sp³-hybridized carbons (Fsp3) is 0.333. The lowest BCUT2D eigenvalue weighted by Crippen LogP contribution is -2.47. The standard InChI is InChI=1S/C21H22N2O4S/c1-22(12-15-7-8-18-19(11-15)27-10-9-26-18)21(25)17-13-28-14-23(17)20(24)16-5-3-2-4-6-16/h2-8,11,17H,9-10,12-14H2,1H3. The minimum Gasteiger partial charge on any atom is -0.486 e. The van der Waals surface area contributed by atoms with Crippen LogP contribution in [0.4, 0.5) is 0 Å². The number of likely N-dealkylation sites (N-methyl/N-ethyl adjacent to an activating group) is 1. The van der Waals surface area contributed by atoms with Gasteiger partial charge >= 0.3 is 0 Å². The monoisotopic (exact) mass is 398 g/mol. The molecule has 2 aliphatic heterocycles. The second kappa shape index (κ2) is 8.14. The Labute approximate surface area is 168 Å². The minimum atomic E-state index is -0.445. The molecule has 1 fully saturated rings. The molecule has 0 N–H and O–H groups in total. The first-order valence-corrected chi connectivity index (χ1v) is 10.4. The molecule has 4 rings (SSSR count). The third kappa shape index (κ3) is 3.80. The van der Waals surface area contributed by atoms with Crippen molar-refractivity contribution < 1.29 is 19.1 Å².